The Bertz CT molecular complexity index is 243. The zero-order chi connectivity index (χ0) is 12.2. The van der Waals surface area contributed by atoms with Crippen LogP contribution in [0.15, 0.2) is 12.0 Å². The summed E-state index contributed by atoms with van der Waals surface area (Å²) in [7, 11) is 1.39. The minimum Gasteiger partial charge on any atom is -0.361 e. The van der Waals surface area contributed by atoms with Crippen molar-refractivity contribution < 1.29 is 0 Å². The first-order valence-corrected chi connectivity index (χ1v) is 8.38. The molecule has 0 aromatic carbocycles. The first kappa shape index (κ1) is 14.8. The molecule has 0 amide bonds. The molecule has 0 saturated heterocycles. The average molecular weight is 253 g/mol. The first-order valence-electron chi connectivity index (χ1n) is 7.41. The second-order valence-corrected chi connectivity index (χ2v) is 6.06. The minimum atomic E-state index is 1.27. The predicted molar refractivity (Wildman–Crippen MR) is 78.9 cm³/mol. The number of unbranched alkanes of at least 4 members (excludes halogenated alkanes) is 9. The van der Waals surface area contributed by atoms with Crippen molar-refractivity contribution in [3.05, 3.63) is 17.4 Å². The van der Waals surface area contributed by atoms with E-state index in [1.165, 1.54) is 84.2 Å². The summed E-state index contributed by atoms with van der Waals surface area (Å²) in [6.07, 6.45) is 17.6. The van der Waals surface area contributed by atoms with Crippen LogP contribution in [0.25, 0.3) is 0 Å². The molecule has 2 heteroatoms. The molecule has 0 radical (unpaired) electrons. The maximum absolute atomic E-state index is 3.31. The Hall–Kier alpha value is -0.290. The third-order valence-electron chi connectivity index (χ3n) is 3.32. The Morgan fingerprint density at radius 2 is 1.47 bits per heavy atom. The van der Waals surface area contributed by atoms with Gasteiger partial charge in [0.2, 0.25) is 0 Å². The van der Waals surface area contributed by atoms with Crippen molar-refractivity contribution in [1.29, 1.82) is 0 Å². The van der Waals surface area contributed by atoms with Gasteiger partial charge >= 0.3 is 0 Å². The van der Waals surface area contributed by atoms with Gasteiger partial charge in [-0.15, -0.1) is 0 Å². The van der Waals surface area contributed by atoms with Crippen LogP contribution >= 0.6 is 8.19 Å². The number of rotatable bonds is 11. The Kier molecular flexibility index (Phi) is 9.42. The molecule has 1 rings (SSSR count). The number of aromatic nitrogens is 1. The highest BCUT2D eigenvalue weighted by Gasteiger charge is 1.95. The van der Waals surface area contributed by atoms with Gasteiger partial charge in [-0.25, -0.2) is 0 Å². The molecule has 0 aliphatic heterocycles. The normalized spacial score (nSPS) is 11.4. The maximum atomic E-state index is 3.31. The second-order valence-electron chi connectivity index (χ2n) is 4.97. The molecule has 1 N–H and O–H groups in total. The molecule has 0 unspecified atom stereocenters. The van der Waals surface area contributed by atoms with Crippen LogP contribution in [0.4, 0.5) is 0 Å². The van der Waals surface area contributed by atoms with Crippen LogP contribution in [-0.4, -0.2) is 4.98 Å². The number of aryl methyl sites for hydroxylation is 1. The minimum absolute atomic E-state index is 1.27. The molecule has 0 aliphatic carbocycles. The van der Waals surface area contributed by atoms with E-state index < -0.39 is 0 Å². The van der Waals surface area contributed by atoms with E-state index in [1.54, 1.807) is 0 Å². The van der Waals surface area contributed by atoms with E-state index in [4.69, 9.17) is 0 Å². The smallest absolute Gasteiger partial charge is 0.0424 e. The molecule has 1 aromatic heterocycles. The number of hydrogen-bond donors (Lipinski definition) is 1. The summed E-state index contributed by atoms with van der Waals surface area (Å²) in [6.45, 7) is 2.28. The molecular formula is C15H28NP. The van der Waals surface area contributed by atoms with Gasteiger partial charge in [-0.1, -0.05) is 72.9 Å². The van der Waals surface area contributed by atoms with Crippen LogP contribution in [0.1, 0.15) is 76.6 Å². The van der Waals surface area contributed by atoms with Crippen LogP contribution in [0.3, 0.4) is 0 Å². The molecule has 1 nitrogen and oxygen atoms in total. The van der Waals surface area contributed by atoms with Gasteiger partial charge in [0.05, 0.1) is 0 Å². The Morgan fingerprint density at radius 3 is 2.00 bits per heavy atom. The summed E-state index contributed by atoms with van der Waals surface area (Å²) in [4.78, 5) is 3.31. The maximum Gasteiger partial charge on any atom is 0.0424 e. The molecule has 17 heavy (non-hydrogen) atoms. The topological polar surface area (TPSA) is 15.8 Å². The lowest BCUT2D eigenvalue weighted by Gasteiger charge is -2.01. The zero-order valence-corrected chi connectivity index (χ0v) is 12.3. The van der Waals surface area contributed by atoms with Gasteiger partial charge in [0, 0.05) is 11.6 Å². The number of nitrogens with one attached hydrogen (secondary N) is 1. The van der Waals surface area contributed by atoms with Crippen molar-refractivity contribution in [2.24, 2.45) is 0 Å². The molecule has 0 aliphatic rings. The summed E-state index contributed by atoms with van der Waals surface area (Å²) in [5, 5.41) is 0. The largest absolute Gasteiger partial charge is 0.361 e. The van der Waals surface area contributed by atoms with Crippen molar-refractivity contribution in [3.8, 4) is 0 Å². The summed E-state index contributed by atoms with van der Waals surface area (Å²) in [5.74, 6) is 2.19. The van der Waals surface area contributed by atoms with E-state index in [-0.39, 0.29) is 0 Å². The first-order chi connectivity index (χ1) is 8.43. The predicted octanol–water partition coefficient (Wildman–Crippen LogP) is 6.06. The fraction of sp³-hybridized carbons (Fsp3) is 0.800. The summed E-state index contributed by atoms with van der Waals surface area (Å²) < 4.78 is 0. The number of aromatic amines is 1. The standard InChI is InChI=1S/C15H28NP/c1-2-3-4-5-6-7-8-9-10-11-12-15-16-13-14-17-15/h13-14,16H,2-12H2,1H3. The summed E-state index contributed by atoms with van der Waals surface area (Å²) in [5.41, 5.74) is 1.49. The second kappa shape index (κ2) is 10.8. The summed E-state index contributed by atoms with van der Waals surface area (Å²) in [6, 6.07) is 0. The lowest BCUT2D eigenvalue weighted by Crippen LogP contribution is -1.85. The Balaban J connectivity index is 1.76. The van der Waals surface area contributed by atoms with Crippen LogP contribution in [-0.2, 0) is 6.42 Å². The van der Waals surface area contributed by atoms with Crippen molar-refractivity contribution >= 4 is 8.19 Å². The van der Waals surface area contributed by atoms with E-state index in [1.807, 2.05) is 0 Å². The molecule has 0 atom stereocenters. The van der Waals surface area contributed by atoms with Gasteiger partial charge in [0.15, 0.2) is 0 Å². The molecule has 0 fully saturated rings. The van der Waals surface area contributed by atoms with Crippen LogP contribution in [0, 0.1) is 0 Å². The lowest BCUT2D eigenvalue weighted by molar-refractivity contribution is 0.556. The molecule has 0 spiro atoms. The van der Waals surface area contributed by atoms with Gasteiger partial charge in [-0.2, -0.15) is 0 Å². The van der Waals surface area contributed by atoms with E-state index >= 15 is 0 Å². The van der Waals surface area contributed by atoms with Crippen LogP contribution in [0.2, 0.25) is 0 Å². The molecule has 1 heterocycles. The summed E-state index contributed by atoms with van der Waals surface area (Å²) >= 11 is 0. The number of hydrogen-bond acceptors (Lipinski definition) is 0. The van der Waals surface area contributed by atoms with Gasteiger partial charge in [-0.05, 0) is 18.6 Å². The van der Waals surface area contributed by atoms with E-state index in [2.05, 4.69) is 23.9 Å². The number of H-pyrrole nitrogens is 1. The third-order valence-corrected chi connectivity index (χ3v) is 4.28. The highest BCUT2D eigenvalue weighted by atomic mass is 31.0. The third kappa shape index (κ3) is 8.44. The quantitative estimate of drug-likeness (QED) is 0.461. The fourth-order valence-corrected chi connectivity index (χ4v) is 2.98. The van der Waals surface area contributed by atoms with Crippen molar-refractivity contribution in [1.82, 2.24) is 4.98 Å². The van der Waals surface area contributed by atoms with E-state index in [0.29, 0.717) is 0 Å². The van der Waals surface area contributed by atoms with Crippen molar-refractivity contribution in [3.63, 3.8) is 0 Å². The molecule has 98 valence electrons. The Morgan fingerprint density at radius 1 is 0.882 bits per heavy atom. The van der Waals surface area contributed by atoms with Crippen molar-refractivity contribution in [2.45, 2.75) is 77.6 Å². The SMILES string of the molecule is CCCCCCCCCCCCc1[nH]ccp1. The molecule has 1 aromatic rings. The van der Waals surface area contributed by atoms with Gasteiger partial charge in [-0.3, -0.25) is 0 Å². The fourth-order valence-electron chi connectivity index (χ4n) is 2.21. The van der Waals surface area contributed by atoms with Gasteiger partial charge in [0.25, 0.3) is 0 Å². The van der Waals surface area contributed by atoms with Gasteiger partial charge < -0.3 is 4.98 Å². The highest BCUT2D eigenvalue weighted by molar-refractivity contribution is 7.29. The molecular weight excluding hydrogens is 225 g/mol. The average Bonchev–Trinajstić information content (AvgIpc) is 2.85. The van der Waals surface area contributed by atoms with Gasteiger partial charge in [0.1, 0.15) is 0 Å². The van der Waals surface area contributed by atoms with E-state index in [9.17, 15) is 0 Å². The van der Waals surface area contributed by atoms with E-state index in [0.717, 1.165) is 0 Å². The highest BCUT2D eigenvalue weighted by Crippen LogP contribution is 2.15. The monoisotopic (exact) mass is 253 g/mol. The molecule has 0 saturated carbocycles. The zero-order valence-electron chi connectivity index (χ0n) is 11.4. The molecule has 0 bridgehead atoms. The van der Waals surface area contributed by atoms with Crippen molar-refractivity contribution in [2.75, 3.05) is 0 Å². The van der Waals surface area contributed by atoms with Crippen LogP contribution in [0.5, 0.6) is 0 Å². The Labute approximate surface area is 109 Å². The lowest BCUT2D eigenvalue weighted by atomic mass is 10.1. The van der Waals surface area contributed by atoms with Crippen LogP contribution < -0.4 is 0 Å².